The zero-order chi connectivity index (χ0) is 25.1. The SMILES string of the molecule is Cc1ccnc(-c2cc(CCCCOC3C(O)C(CO)OC3n3cnc4c(N)ncnc43)ccn2)c1. The van der Waals surface area contributed by atoms with Crippen LogP contribution >= 0.6 is 0 Å². The van der Waals surface area contributed by atoms with Crippen molar-refractivity contribution in [2.24, 2.45) is 0 Å². The maximum Gasteiger partial charge on any atom is 0.167 e. The first-order chi connectivity index (χ1) is 17.5. The summed E-state index contributed by atoms with van der Waals surface area (Å²) < 4.78 is 13.6. The predicted molar refractivity (Wildman–Crippen MR) is 132 cm³/mol. The minimum atomic E-state index is -0.999. The molecular formula is C25H29N7O4. The van der Waals surface area contributed by atoms with Crippen LogP contribution in [0.15, 0.2) is 49.3 Å². The van der Waals surface area contributed by atoms with Crippen LogP contribution in [0, 0.1) is 6.92 Å². The molecule has 5 heterocycles. The summed E-state index contributed by atoms with van der Waals surface area (Å²) in [7, 11) is 0. The number of unbranched alkanes of at least 4 members (excludes halogenated alkanes) is 1. The van der Waals surface area contributed by atoms with Crippen LogP contribution < -0.4 is 5.73 Å². The van der Waals surface area contributed by atoms with Gasteiger partial charge in [-0.3, -0.25) is 14.5 Å². The van der Waals surface area contributed by atoms with Gasteiger partial charge in [-0.25, -0.2) is 15.0 Å². The molecule has 11 nitrogen and oxygen atoms in total. The number of hydrogen-bond donors (Lipinski definition) is 3. The van der Waals surface area contributed by atoms with Crippen molar-refractivity contribution in [2.45, 2.75) is 50.7 Å². The van der Waals surface area contributed by atoms with E-state index < -0.39 is 24.5 Å². The number of aliphatic hydroxyl groups excluding tert-OH is 2. The number of ether oxygens (including phenoxy) is 2. The molecule has 0 spiro atoms. The topological polar surface area (TPSA) is 154 Å². The number of aryl methyl sites for hydroxylation is 2. The molecule has 11 heteroatoms. The number of pyridine rings is 2. The van der Waals surface area contributed by atoms with Gasteiger partial charge >= 0.3 is 0 Å². The second kappa shape index (κ2) is 10.6. The van der Waals surface area contributed by atoms with E-state index in [1.807, 2.05) is 31.3 Å². The van der Waals surface area contributed by atoms with E-state index in [9.17, 15) is 10.2 Å². The second-order valence-corrected chi connectivity index (χ2v) is 8.88. The molecule has 5 rings (SSSR count). The first kappa shape index (κ1) is 24.2. The third-order valence-electron chi connectivity index (χ3n) is 6.33. The Kier molecular flexibility index (Phi) is 7.14. The maximum atomic E-state index is 10.7. The molecule has 0 saturated carbocycles. The minimum Gasteiger partial charge on any atom is -0.394 e. The van der Waals surface area contributed by atoms with Crippen molar-refractivity contribution in [1.29, 1.82) is 0 Å². The third kappa shape index (κ3) is 4.91. The molecule has 4 aromatic rings. The zero-order valence-electron chi connectivity index (χ0n) is 19.9. The summed E-state index contributed by atoms with van der Waals surface area (Å²) in [5, 5.41) is 20.4. The predicted octanol–water partition coefficient (Wildman–Crippen LogP) is 1.83. The average molecular weight is 492 g/mol. The molecule has 4 unspecified atom stereocenters. The molecule has 1 fully saturated rings. The van der Waals surface area contributed by atoms with Crippen molar-refractivity contribution >= 4 is 17.0 Å². The summed E-state index contributed by atoms with van der Waals surface area (Å²) in [5.74, 6) is 0.255. The van der Waals surface area contributed by atoms with Gasteiger partial charge in [0.15, 0.2) is 17.7 Å². The van der Waals surface area contributed by atoms with Crippen molar-refractivity contribution in [2.75, 3.05) is 18.9 Å². The molecule has 4 aromatic heterocycles. The van der Waals surface area contributed by atoms with E-state index >= 15 is 0 Å². The number of aliphatic hydroxyl groups is 2. The van der Waals surface area contributed by atoms with Gasteiger partial charge in [0.2, 0.25) is 0 Å². The number of aromatic nitrogens is 6. The van der Waals surface area contributed by atoms with Gasteiger partial charge in [-0.1, -0.05) is 0 Å². The smallest absolute Gasteiger partial charge is 0.167 e. The number of imidazole rings is 1. The summed E-state index contributed by atoms with van der Waals surface area (Å²) in [4.78, 5) is 21.4. The van der Waals surface area contributed by atoms with Crippen molar-refractivity contribution in [3.63, 3.8) is 0 Å². The largest absolute Gasteiger partial charge is 0.394 e. The lowest BCUT2D eigenvalue weighted by Gasteiger charge is -2.22. The van der Waals surface area contributed by atoms with Gasteiger partial charge in [-0.05, 0) is 61.6 Å². The molecule has 0 aromatic carbocycles. The first-order valence-corrected chi connectivity index (χ1v) is 11.9. The number of anilines is 1. The summed E-state index contributed by atoms with van der Waals surface area (Å²) in [5.41, 5.74) is 10.8. The average Bonchev–Trinajstić information content (AvgIpc) is 3.45. The van der Waals surface area contributed by atoms with Crippen LogP contribution in [0.1, 0.15) is 30.2 Å². The standard InChI is InChI=1S/C25H29N7O4/c1-15-5-7-27-17(10-15)18-11-16(6-8-28-18)4-2-3-9-35-22-21(34)19(12-33)36-25(22)32-14-31-20-23(26)29-13-30-24(20)32/h5-8,10-11,13-14,19,21-22,25,33-34H,2-4,9,12H2,1H3,(H2,26,29,30). The molecule has 1 aliphatic heterocycles. The molecule has 4 N–H and O–H groups in total. The van der Waals surface area contributed by atoms with Crippen LogP contribution in [-0.2, 0) is 15.9 Å². The van der Waals surface area contributed by atoms with Gasteiger partial charge in [0.1, 0.15) is 30.2 Å². The van der Waals surface area contributed by atoms with Crippen molar-refractivity contribution < 1.29 is 19.7 Å². The Hall–Kier alpha value is -3.51. The summed E-state index contributed by atoms with van der Waals surface area (Å²) in [6.07, 6.45) is 5.83. The van der Waals surface area contributed by atoms with Crippen molar-refractivity contribution in [3.05, 3.63) is 60.4 Å². The molecule has 0 amide bonds. The van der Waals surface area contributed by atoms with E-state index in [0.717, 1.165) is 36.2 Å². The van der Waals surface area contributed by atoms with Gasteiger partial charge in [-0.15, -0.1) is 0 Å². The Balaban J connectivity index is 1.20. The van der Waals surface area contributed by atoms with Crippen molar-refractivity contribution in [1.82, 2.24) is 29.5 Å². The van der Waals surface area contributed by atoms with Gasteiger partial charge in [0, 0.05) is 19.0 Å². The fourth-order valence-electron chi connectivity index (χ4n) is 4.43. The first-order valence-electron chi connectivity index (χ1n) is 11.9. The number of nitrogen functional groups attached to an aromatic ring is 1. The van der Waals surface area contributed by atoms with Crippen LogP contribution in [0.25, 0.3) is 22.6 Å². The Morgan fingerprint density at radius 1 is 1.06 bits per heavy atom. The molecule has 1 aliphatic rings. The molecule has 36 heavy (non-hydrogen) atoms. The maximum absolute atomic E-state index is 10.7. The number of nitrogens with two attached hydrogens (primary N) is 1. The van der Waals surface area contributed by atoms with Crippen LogP contribution in [0.2, 0.25) is 0 Å². The minimum absolute atomic E-state index is 0.255. The Morgan fingerprint density at radius 3 is 2.67 bits per heavy atom. The van der Waals surface area contributed by atoms with E-state index in [1.165, 1.54) is 18.2 Å². The van der Waals surface area contributed by atoms with E-state index in [-0.39, 0.29) is 12.4 Å². The van der Waals surface area contributed by atoms with E-state index in [2.05, 4.69) is 31.0 Å². The lowest BCUT2D eigenvalue weighted by Crippen LogP contribution is -2.35. The van der Waals surface area contributed by atoms with Crippen LogP contribution in [0.4, 0.5) is 5.82 Å². The summed E-state index contributed by atoms with van der Waals surface area (Å²) in [6.45, 7) is 2.12. The molecule has 1 saturated heterocycles. The van der Waals surface area contributed by atoms with Crippen LogP contribution in [-0.4, -0.2) is 71.2 Å². The van der Waals surface area contributed by atoms with E-state index in [1.54, 1.807) is 10.8 Å². The normalized spacial score (nSPS) is 21.9. The zero-order valence-corrected chi connectivity index (χ0v) is 19.9. The van der Waals surface area contributed by atoms with E-state index in [0.29, 0.717) is 17.8 Å². The number of fused-ring (bicyclic) bond motifs is 1. The highest BCUT2D eigenvalue weighted by molar-refractivity contribution is 5.81. The fourth-order valence-corrected chi connectivity index (χ4v) is 4.43. The molecule has 4 atom stereocenters. The second-order valence-electron chi connectivity index (χ2n) is 8.88. The molecule has 188 valence electrons. The lowest BCUT2D eigenvalue weighted by atomic mass is 10.1. The Morgan fingerprint density at radius 2 is 1.86 bits per heavy atom. The summed E-state index contributed by atoms with van der Waals surface area (Å²) >= 11 is 0. The summed E-state index contributed by atoms with van der Waals surface area (Å²) in [6, 6.07) is 8.06. The highest BCUT2D eigenvalue weighted by atomic mass is 16.6. The van der Waals surface area contributed by atoms with Gasteiger partial charge in [-0.2, -0.15) is 0 Å². The third-order valence-corrected chi connectivity index (χ3v) is 6.33. The lowest BCUT2D eigenvalue weighted by molar-refractivity contribution is -0.0710. The highest BCUT2D eigenvalue weighted by Gasteiger charge is 2.45. The monoisotopic (exact) mass is 491 g/mol. The van der Waals surface area contributed by atoms with Gasteiger partial charge in [0.25, 0.3) is 0 Å². The number of rotatable bonds is 9. The number of hydrogen-bond acceptors (Lipinski definition) is 10. The van der Waals surface area contributed by atoms with Crippen LogP contribution in [0.5, 0.6) is 0 Å². The molecule has 0 radical (unpaired) electrons. The highest BCUT2D eigenvalue weighted by Crippen LogP contribution is 2.34. The van der Waals surface area contributed by atoms with Crippen LogP contribution in [0.3, 0.4) is 0 Å². The quantitative estimate of drug-likeness (QED) is 0.295. The number of nitrogens with zero attached hydrogens (tertiary/aromatic N) is 6. The van der Waals surface area contributed by atoms with Gasteiger partial charge in [0.05, 0.1) is 24.3 Å². The molecular weight excluding hydrogens is 462 g/mol. The fraction of sp³-hybridized carbons (Fsp3) is 0.400. The van der Waals surface area contributed by atoms with E-state index in [4.69, 9.17) is 15.2 Å². The Labute approximate surface area is 208 Å². The molecule has 0 bridgehead atoms. The van der Waals surface area contributed by atoms with Crippen molar-refractivity contribution in [3.8, 4) is 11.4 Å². The Bertz CT molecular complexity index is 1330. The molecule has 0 aliphatic carbocycles. The van der Waals surface area contributed by atoms with Gasteiger partial charge < -0.3 is 25.4 Å².